The van der Waals surface area contributed by atoms with Gasteiger partial charge in [0.1, 0.15) is 5.65 Å². The van der Waals surface area contributed by atoms with Crippen molar-refractivity contribution < 1.29 is 4.79 Å². The van der Waals surface area contributed by atoms with Gasteiger partial charge in [-0.2, -0.15) is 10.4 Å². The summed E-state index contributed by atoms with van der Waals surface area (Å²) < 4.78 is 3.46. The molecule has 4 heterocycles. The van der Waals surface area contributed by atoms with Crippen molar-refractivity contribution in [3.8, 4) is 12.0 Å². The van der Waals surface area contributed by atoms with Gasteiger partial charge in [0.15, 0.2) is 17.7 Å². The molecule has 1 fully saturated rings. The lowest BCUT2D eigenvalue weighted by Crippen LogP contribution is -2.38. The lowest BCUT2D eigenvalue weighted by molar-refractivity contribution is 0.0941. The number of nitriles is 1. The zero-order chi connectivity index (χ0) is 17.2. The summed E-state index contributed by atoms with van der Waals surface area (Å²) in [5.41, 5.74) is 0.995. The quantitative estimate of drug-likeness (QED) is 0.723. The van der Waals surface area contributed by atoms with Crippen molar-refractivity contribution >= 4 is 11.6 Å². The molecular weight excluding hydrogens is 318 g/mol. The number of likely N-dealkylation sites (tertiary alicyclic amines) is 1. The monoisotopic (exact) mass is 335 g/mol. The third-order valence-electron chi connectivity index (χ3n) is 4.45. The van der Waals surface area contributed by atoms with Crippen molar-refractivity contribution in [2.45, 2.75) is 18.9 Å². The van der Waals surface area contributed by atoms with E-state index in [9.17, 15) is 4.79 Å². The minimum Gasteiger partial charge on any atom is -0.348 e. The van der Waals surface area contributed by atoms with Gasteiger partial charge in [-0.15, -0.1) is 0 Å². The third-order valence-corrected chi connectivity index (χ3v) is 4.45. The van der Waals surface area contributed by atoms with Crippen LogP contribution >= 0.6 is 0 Å². The molecule has 1 N–H and O–H groups in total. The van der Waals surface area contributed by atoms with Gasteiger partial charge in [0.25, 0.3) is 5.91 Å². The molecule has 1 atom stereocenters. The second-order valence-corrected chi connectivity index (χ2v) is 5.96. The number of hydrogen-bond donors (Lipinski definition) is 1. The van der Waals surface area contributed by atoms with Gasteiger partial charge in [0, 0.05) is 31.7 Å². The number of imidazole rings is 1. The zero-order valence-corrected chi connectivity index (χ0v) is 13.5. The Morgan fingerprint density at radius 1 is 1.36 bits per heavy atom. The molecule has 1 saturated heterocycles. The third kappa shape index (κ3) is 2.70. The van der Waals surface area contributed by atoms with E-state index in [2.05, 4.69) is 21.6 Å². The molecule has 3 aromatic rings. The number of nitrogens with one attached hydrogen (secondary N) is 1. The SMILES string of the molecule is N#CN1CCC[C@@H]1CNC(=O)c1nc2ccccn2c1-n1cccn1. The Hall–Kier alpha value is -3.34. The highest BCUT2D eigenvalue weighted by molar-refractivity contribution is 5.96. The van der Waals surface area contributed by atoms with Crippen LogP contribution in [0, 0.1) is 11.5 Å². The normalized spacial score (nSPS) is 16.9. The van der Waals surface area contributed by atoms with Crippen molar-refractivity contribution in [1.82, 2.24) is 29.4 Å². The summed E-state index contributed by atoms with van der Waals surface area (Å²) in [6.07, 6.45) is 9.35. The lowest BCUT2D eigenvalue weighted by Gasteiger charge is -2.18. The zero-order valence-electron chi connectivity index (χ0n) is 13.5. The minimum absolute atomic E-state index is 0.0548. The number of pyridine rings is 1. The van der Waals surface area contributed by atoms with E-state index in [-0.39, 0.29) is 11.9 Å². The fourth-order valence-electron chi connectivity index (χ4n) is 3.22. The number of fused-ring (bicyclic) bond motifs is 1. The van der Waals surface area contributed by atoms with Gasteiger partial charge in [0.05, 0.1) is 6.04 Å². The topological polar surface area (TPSA) is 91.3 Å². The molecular formula is C17H17N7O. The lowest BCUT2D eigenvalue weighted by atomic mass is 10.2. The van der Waals surface area contributed by atoms with Crippen LogP contribution in [0.5, 0.6) is 0 Å². The predicted octanol–water partition coefficient (Wildman–Crippen LogP) is 1.20. The van der Waals surface area contributed by atoms with Gasteiger partial charge in [-0.05, 0) is 31.0 Å². The van der Waals surface area contributed by atoms with Gasteiger partial charge in [0.2, 0.25) is 0 Å². The van der Waals surface area contributed by atoms with Gasteiger partial charge in [-0.3, -0.25) is 9.20 Å². The van der Waals surface area contributed by atoms with Crippen LogP contribution in [0.4, 0.5) is 0 Å². The van der Waals surface area contributed by atoms with Crippen LogP contribution in [0.3, 0.4) is 0 Å². The maximum absolute atomic E-state index is 12.8. The van der Waals surface area contributed by atoms with E-state index in [4.69, 9.17) is 5.26 Å². The summed E-state index contributed by atoms with van der Waals surface area (Å²) in [4.78, 5) is 18.9. The first-order valence-electron chi connectivity index (χ1n) is 8.19. The number of carbonyl (C=O) groups excluding carboxylic acids is 1. The number of carbonyl (C=O) groups is 1. The molecule has 0 saturated carbocycles. The van der Waals surface area contributed by atoms with Crippen LogP contribution in [0.2, 0.25) is 0 Å². The highest BCUT2D eigenvalue weighted by Gasteiger charge is 2.26. The summed E-state index contributed by atoms with van der Waals surface area (Å²) in [6.45, 7) is 1.18. The smallest absolute Gasteiger partial charge is 0.273 e. The molecule has 1 aliphatic heterocycles. The molecule has 0 radical (unpaired) electrons. The molecule has 25 heavy (non-hydrogen) atoms. The van der Waals surface area contributed by atoms with Crippen molar-refractivity contribution in [2.75, 3.05) is 13.1 Å². The van der Waals surface area contributed by atoms with Crippen molar-refractivity contribution in [3.63, 3.8) is 0 Å². The van der Waals surface area contributed by atoms with E-state index in [1.165, 1.54) is 0 Å². The largest absolute Gasteiger partial charge is 0.348 e. The first-order chi connectivity index (χ1) is 12.3. The molecule has 8 heteroatoms. The summed E-state index contributed by atoms with van der Waals surface area (Å²) in [6, 6.07) is 7.46. The molecule has 0 unspecified atom stereocenters. The van der Waals surface area contributed by atoms with E-state index in [0.717, 1.165) is 19.4 Å². The van der Waals surface area contributed by atoms with Crippen molar-refractivity contribution in [3.05, 3.63) is 48.5 Å². The van der Waals surface area contributed by atoms with Gasteiger partial charge in [-0.1, -0.05) is 6.07 Å². The molecule has 3 aromatic heterocycles. The average Bonchev–Trinajstić information content (AvgIpc) is 3.37. The van der Waals surface area contributed by atoms with E-state index >= 15 is 0 Å². The standard InChI is InChI=1S/C17H17N7O/c18-12-22-8-3-5-13(22)11-19-16(25)15-17(24-10-4-7-20-24)23-9-2-1-6-14(23)21-15/h1-2,4,6-7,9-10,13H,3,5,8,11H2,(H,19,25)/t13-/m1/s1. The van der Waals surface area contributed by atoms with Crippen molar-refractivity contribution in [1.29, 1.82) is 5.26 Å². The van der Waals surface area contributed by atoms with E-state index in [1.54, 1.807) is 28.0 Å². The number of amides is 1. The Morgan fingerprint density at radius 2 is 2.28 bits per heavy atom. The Morgan fingerprint density at radius 3 is 3.08 bits per heavy atom. The Kier molecular flexibility index (Phi) is 3.82. The van der Waals surface area contributed by atoms with E-state index in [0.29, 0.717) is 23.7 Å². The van der Waals surface area contributed by atoms with Crippen LogP contribution in [0.1, 0.15) is 23.3 Å². The molecule has 1 amide bonds. The molecule has 0 aliphatic carbocycles. The molecule has 8 nitrogen and oxygen atoms in total. The Bertz CT molecular complexity index is 938. The summed E-state index contributed by atoms with van der Waals surface area (Å²) in [5, 5.41) is 16.3. The maximum atomic E-state index is 12.8. The second kappa shape index (κ2) is 6.28. The molecule has 0 spiro atoms. The fourth-order valence-corrected chi connectivity index (χ4v) is 3.22. The van der Waals surface area contributed by atoms with Crippen LogP contribution < -0.4 is 5.32 Å². The van der Waals surface area contributed by atoms with Crippen LogP contribution in [0.25, 0.3) is 11.5 Å². The predicted molar refractivity (Wildman–Crippen MR) is 90.0 cm³/mol. The van der Waals surface area contributed by atoms with Crippen molar-refractivity contribution in [2.24, 2.45) is 0 Å². The van der Waals surface area contributed by atoms with Crippen LogP contribution in [-0.4, -0.2) is 49.1 Å². The molecule has 1 aliphatic rings. The maximum Gasteiger partial charge on any atom is 0.273 e. The number of hydrogen-bond acceptors (Lipinski definition) is 5. The van der Waals surface area contributed by atoms with Gasteiger partial charge in [-0.25, -0.2) is 9.67 Å². The Labute approximate surface area is 144 Å². The van der Waals surface area contributed by atoms with Gasteiger partial charge < -0.3 is 10.2 Å². The molecule has 0 bridgehead atoms. The minimum atomic E-state index is -0.265. The summed E-state index contributed by atoms with van der Waals surface area (Å²) in [5.74, 6) is 0.334. The number of aromatic nitrogens is 4. The fraction of sp³-hybridized carbons (Fsp3) is 0.294. The first-order valence-corrected chi connectivity index (χ1v) is 8.19. The molecule has 4 rings (SSSR count). The molecule has 0 aromatic carbocycles. The van der Waals surface area contributed by atoms with E-state index in [1.807, 2.05) is 28.8 Å². The van der Waals surface area contributed by atoms with Crippen LogP contribution in [-0.2, 0) is 0 Å². The summed E-state index contributed by atoms with van der Waals surface area (Å²) in [7, 11) is 0. The highest BCUT2D eigenvalue weighted by atomic mass is 16.2. The van der Waals surface area contributed by atoms with Gasteiger partial charge >= 0.3 is 0 Å². The first kappa shape index (κ1) is 15.2. The molecule has 126 valence electrons. The highest BCUT2D eigenvalue weighted by Crippen LogP contribution is 2.18. The number of nitrogens with zero attached hydrogens (tertiary/aromatic N) is 6. The number of rotatable bonds is 4. The second-order valence-electron chi connectivity index (χ2n) is 5.96. The van der Waals surface area contributed by atoms with Crippen LogP contribution in [0.15, 0.2) is 42.9 Å². The van der Waals surface area contributed by atoms with E-state index < -0.39 is 0 Å². The Balaban J connectivity index is 1.63. The summed E-state index contributed by atoms with van der Waals surface area (Å²) >= 11 is 0. The average molecular weight is 335 g/mol.